The Morgan fingerprint density at radius 2 is 1.73 bits per heavy atom. The molecule has 6 aliphatic rings. The van der Waals surface area contributed by atoms with Gasteiger partial charge in [0, 0.05) is 24.3 Å². The number of aryl methyl sites for hydroxylation is 1. The second kappa shape index (κ2) is 18.2. The van der Waals surface area contributed by atoms with E-state index in [4.69, 9.17) is 29.1 Å². The quantitative estimate of drug-likeness (QED) is 0.0586. The minimum Gasteiger partial charge on any atom is -0.508 e. The maximum Gasteiger partial charge on any atom is 0.336 e. The zero-order valence-electron chi connectivity index (χ0n) is 38.1. The minimum absolute atomic E-state index is 0.00538. The van der Waals surface area contributed by atoms with Crippen LogP contribution in [0.4, 0.5) is 0 Å². The number of ether oxygens (including phenoxy) is 5. The number of carboxylic acids is 1. The van der Waals surface area contributed by atoms with E-state index in [9.17, 15) is 40.5 Å². The summed E-state index contributed by atoms with van der Waals surface area (Å²) >= 11 is 0. The third kappa shape index (κ3) is 8.27. The van der Waals surface area contributed by atoms with Gasteiger partial charge in [0.1, 0.15) is 64.2 Å². The molecule has 2 fully saturated rings. The number of benzene rings is 4. The first-order chi connectivity index (χ1) is 33.7. The summed E-state index contributed by atoms with van der Waals surface area (Å²) in [6.45, 7) is 2.26. The predicted octanol–water partition coefficient (Wildman–Crippen LogP) is 6.59. The molecule has 0 amide bonds. The number of phenols is 2. The number of hydrogen-bond donors (Lipinski definition) is 8. The number of aromatic hydroxyl groups is 2. The molecule has 7 atom stereocenters. The van der Waals surface area contributed by atoms with E-state index in [0.717, 1.165) is 16.8 Å². The highest BCUT2D eigenvalue weighted by Crippen LogP contribution is 2.57. The van der Waals surface area contributed by atoms with Crippen LogP contribution in [0.5, 0.6) is 34.5 Å². The van der Waals surface area contributed by atoms with E-state index in [0.29, 0.717) is 67.6 Å². The summed E-state index contributed by atoms with van der Waals surface area (Å²) in [5, 5.41) is 91.2. The Balaban J connectivity index is 1.06. The van der Waals surface area contributed by atoms with Gasteiger partial charge in [0.2, 0.25) is 12.0 Å². The Hall–Kier alpha value is -7.31. The molecule has 0 aromatic heterocycles. The Morgan fingerprint density at radius 1 is 0.957 bits per heavy atom. The highest BCUT2D eigenvalue weighted by Gasteiger charge is 2.71. The van der Waals surface area contributed by atoms with Crippen LogP contribution < -0.4 is 18.9 Å². The van der Waals surface area contributed by atoms with E-state index in [1.807, 2.05) is 43.3 Å². The number of fused-ring (bicyclic) bond motifs is 3. The Bertz CT molecular complexity index is 2920. The molecule has 10 rings (SSSR count). The summed E-state index contributed by atoms with van der Waals surface area (Å²) in [7, 11) is 0. The molecule has 17 heteroatoms. The Kier molecular flexibility index (Phi) is 12.1. The van der Waals surface area contributed by atoms with Crippen LogP contribution in [0, 0.1) is 11.3 Å². The predicted molar refractivity (Wildman–Crippen MR) is 257 cm³/mol. The van der Waals surface area contributed by atoms with E-state index in [1.54, 1.807) is 48.6 Å². The molecule has 17 nitrogen and oxygen atoms in total. The number of aliphatic imine (C=N–C) groups is 3. The van der Waals surface area contributed by atoms with Crippen molar-refractivity contribution in [3.8, 4) is 34.5 Å². The number of nitrogens with zero attached hydrogens (tertiary/aromatic N) is 3. The molecule has 70 heavy (non-hydrogen) atoms. The lowest BCUT2D eigenvalue weighted by Gasteiger charge is -2.57. The molecule has 0 radical (unpaired) electrons. The van der Waals surface area contributed by atoms with Crippen molar-refractivity contribution in [3.63, 3.8) is 0 Å². The molecule has 362 valence electrons. The number of aliphatic hydroxyl groups is 4. The molecule has 2 aliphatic carbocycles. The molecule has 4 aromatic carbocycles. The van der Waals surface area contributed by atoms with Crippen molar-refractivity contribution in [2.24, 2.45) is 20.9 Å². The average molecular weight is 953 g/mol. The van der Waals surface area contributed by atoms with Crippen molar-refractivity contribution in [2.45, 2.75) is 93.3 Å². The number of nitrogens with one attached hydrogen (secondary N) is 1. The number of carbonyl (C=O) groups is 1. The lowest BCUT2D eigenvalue weighted by molar-refractivity contribution is -0.338. The standard InChI is InChI=1S/C53H52N4O13/c1-2-29-21-33(23-35(58)22-29)51(17-6-7-18-51)70-46-41(25-40-43(45(46)60)38(59)24-39(67-40)31-10-13-36(14-11-31)66-19-16-34-12-15-42(54)57-34)68-50-52(64)26-32(20-30-8-4-3-5-9-30)44(37-27-55-28-56-37)53(65,49(52)63)47(69-50)48(61)62/h3-5,8-15,21-26,28,39,44,47,49-50,54,58-60,63-65H,2,6-7,16-20,27H2,1H3,(H,61,62). The molecule has 1 saturated heterocycles. The van der Waals surface area contributed by atoms with Crippen LogP contribution in [-0.4, -0.2) is 108 Å². The third-order valence-corrected chi connectivity index (χ3v) is 13.9. The topological polar surface area (TPSA) is 266 Å². The Labute approximate surface area is 402 Å². The fourth-order valence-electron chi connectivity index (χ4n) is 10.5. The molecule has 7 unspecified atom stereocenters. The lowest BCUT2D eigenvalue weighted by Crippen LogP contribution is -2.79. The van der Waals surface area contributed by atoms with Gasteiger partial charge in [-0.05, 0) is 103 Å². The number of amidine groups is 1. The van der Waals surface area contributed by atoms with Gasteiger partial charge in [0.05, 0.1) is 24.8 Å². The van der Waals surface area contributed by atoms with Gasteiger partial charge in [-0.15, -0.1) is 0 Å². The van der Waals surface area contributed by atoms with Gasteiger partial charge in [-0.25, -0.2) is 14.8 Å². The third-order valence-electron chi connectivity index (χ3n) is 13.9. The van der Waals surface area contributed by atoms with E-state index >= 15 is 0 Å². The number of hydrogen-bond acceptors (Lipinski definition) is 15. The first-order valence-electron chi connectivity index (χ1n) is 23.2. The summed E-state index contributed by atoms with van der Waals surface area (Å²) in [4.78, 5) is 26.0. The van der Waals surface area contributed by atoms with Gasteiger partial charge in [0.25, 0.3) is 0 Å². The number of phenolic OH excluding ortho intramolecular Hbond substituents is 2. The molecular weight excluding hydrogens is 901 g/mol. The second-order valence-corrected chi connectivity index (χ2v) is 18.4. The molecule has 1 saturated carbocycles. The molecule has 4 aromatic rings. The second-order valence-electron chi connectivity index (χ2n) is 18.4. The van der Waals surface area contributed by atoms with E-state index in [-0.39, 0.29) is 58.8 Å². The average Bonchev–Trinajstić information content (AvgIpc) is 4.14. The monoisotopic (exact) mass is 952 g/mol. The summed E-state index contributed by atoms with van der Waals surface area (Å²) in [6.07, 6.45) is 3.37. The van der Waals surface area contributed by atoms with E-state index < -0.39 is 59.0 Å². The fraction of sp³-hybridized carbons (Fsp3) is 0.340. The van der Waals surface area contributed by atoms with Crippen molar-refractivity contribution < 1.29 is 64.2 Å². The summed E-state index contributed by atoms with van der Waals surface area (Å²) in [6, 6.07) is 22.5. The van der Waals surface area contributed by atoms with Crippen LogP contribution in [0.1, 0.15) is 72.9 Å². The normalized spacial score (nSPS) is 27.2. The SMILES string of the molecule is CCc1cc(O)cc(C2(Oc3c(OC4OC(C(=O)O)C5(O)C(C6=NC=NC6)C(Cc6ccccc6)=CC4(O)C5O)cc4c(c3O)C(O)=CC(c3ccc(OCCC5=NC(=N)C=C5)cc3)O4)CCCC2)c1. The summed E-state index contributed by atoms with van der Waals surface area (Å²) in [5.74, 6) is -3.94. The summed E-state index contributed by atoms with van der Waals surface area (Å²) < 4.78 is 32.0. The number of aliphatic carboxylic acids is 1. The maximum atomic E-state index is 13.3. The van der Waals surface area contributed by atoms with Gasteiger partial charge >= 0.3 is 5.97 Å². The van der Waals surface area contributed by atoms with Crippen LogP contribution in [0.3, 0.4) is 0 Å². The molecule has 4 heterocycles. The van der Waals surface area contributed by atoms with Crippen molar-refractivity contribution >= 4 is 35.3 Å². The first-order valence-corrected chi connectivity index (χ1v) is 23.2. The zero-order chi connectivity index (χ0) is 49.0. The first kappa shape index (κ1) is 46.4. The van der Waals surface area contributed by atoms with Crippen molar-refractivity contribution in [3.05, 3.63) is 137 Å². The smallest absolute Gasteiger partial charge is 0.336 e. The van der Waals surface area contributed by atoms with Crippen LogP contribution in [0.25, 0.3) is 5.76 Å². The lowest BCUT2D eigenvalue weighted by atomic mass is 9.60. The molecule has 2 bridgehead atoms. The highest BCUT2D eigenvalue weighted by atomic mass is 16.7. The zero-order valence-corrected chi connectivity index (χ0v) is 38.1. The van der Waals surface area contributed by atoms with Crippen molar-refractivity contribution in [1.29, 1.82) is 5.41 Å². The fourth-order valence-corrected chi connectivity index (χ4v) is 10.5. The van der Waals surface area contributed by atoms with Crippen LogP contribution in [-0.2, 0) is 28.0 Å². The van der Waals surface area contributed by atoms with Crippen LogP contribution >= 0.6 is 0 Å². The van der Waals surface area contributed by atoms with Crippen LogP contribution in [0.15, 0.2) is 124 Å². The Morgan fingerprint density at radius 3 is 2.41 bits per heavy atom. The number of allylic oxidation sites excluding steroid dienone is 1. The van der Waals surface area contributed by atoms with Crippen molar-refractivity contribution in [2.75, 3.05) is 13.2 Å². The maximum absolute atomic E-state index is 13.3. The van der Waals surface area contributed by atoms with Gasteiger partial charge in [-0.2, -0.15) is 0 Å². The molecule has 0 spiro atoms. The van der Waals surface area contributed by atoms with E-state index in [2.05, 4.69) is 15.0 Å². The number of aliphatic hydroxyl groups excluding tert-OH is 2. The highest BCUT2D eigenvalue weighted by molar-refractivity contribution is 6.14. The minimum atomic E-state index is -2.70. The van der Waals surface area contributed by atoms with Crippen LogP contribution in [0.2, 0.25) is 0 Å². The van der Waals surface area contributed by atoms with Gasteiger partial charge < -0.3 is 59.4 Å². The molecule has 4 aliphatic heterocycles. The van der Waals surface area contributed by atoms with Gasteiger partial charge in [-0.1, -0.05) is 61.0 Å². The molecular formula is C53H52N4O13. The van der Waals surface area contributed by atoms with Crippen molar-refractivity contribution in [1.82, 2.24) is 0 Å². The van der Waals surface area contributed by atoms with Gasteiger partial charge in [-0.3, -0.25) is 10.4 Å². The van der Waals surface area contributed by atoms with Gasteiger partial charge in [0.15, 0.2) is 23.2 Å². The number of carboxylic acid groups (broad SMARTS) is 1. The largest absolute Gasteiger partial charge is 0.508 e. The van der Waals surface area contributed by atoms with E-state index in [1.165, 1.54) is 24.6 Å². The molecule has 8 N–H and O–H groups in total. The number of rotatable bonds is 15. The summed E-state index contributed by atoms with van der Waals surface area (Å²) in [5.41, 5.74) is -2.59.